The Labute approximate surface area is 157 Å². The van der Waals surface area contributed by atoms with Gasteiger partial charge in [-0.25, -0.2) is 9.37 Å². The smallest absolute Gasteiger partial charge is 0.228 e. The summed E-state index contributed by atoms with van der Waals surface area (Å²) in [6.45, 7) is 4.63. The molecular formula is C21H21FN2O3. The molecule has 0 unspecified atom stereocenters. The summed E-state index contributed by atoms with van der Waals surface area (Å²) < 4.78 is 19.3. The summed E-state index contributed by atoms with van der Waals surface area (Å²) in [6, 6.07) is 6.00. The summed E-state index contributed by atoms with van der Waals surface area (Å²) in [6.07, 6.45) is 2.00. The molecule has 0 aliphatic carbocycles. The number of carbonyl (C=O) groups is 2. The molecule has 0 bridgehead atoms. The Hall–Kier alpha value is -2.60. The SMILES string of the molecule is CC(C)c1nc2c(c(-c3ccc(F)cc3)c1C=O)COC[C@H]1CCC(=O)N21. The third-order valence-electron chi connectivity index (χ3n) is 5.25. The molecule has 5 nitrogen and oxygen atoms in total. The van der Waals surface area contributed by atoms with Crippen molar-refractivity contribution >= 4 is 18.0 Å². The monoisotopic (exact) mass is 368 g/mol. The average molecular weight is 368 g/mol. The highest BCUT2D eigenvalue weighted by Crippen LogP contribution is 2.40. The zero-order valence-electron chi connectivity index (χ0n) is 15.4. The van der Waals surface area contributed by atoms with E-state index in [1.54, 1.807) is 17.0 Å². The average Bonchev–Trinajstić information content (AvgIpc) is 2.91. The van der Waals surface area contributed by atoms with Gasteiger partial charge in [-0.15, -0.1) is 0 Å². The first-order valence-corrected chi connectivity index (χ1v) is 9.19. The van der Waals surface area contributed by atoms with Crippen LogP contribution in [0.5, 0.6) is 0 Å². The molecule has 140 valence electrons. The fourth-order valence-electron chi connectivity index (χ4n) is 3.98. The first-order valence-electron chi connectivity index (χ1n) is 9.19. The van der Waals surface area contributed by atoms with Crippen LogP contribution in [0.1, 0.15) is 54.2 Å². The van der Waals surface area contributed by atoms with E-state index in [1.807, 2.05) is 13.8 Å². The van der Waals surface area contributed by atoms with Crippen LogP contribution in [-0.4, -0.2) is 29.8 Å². The Morgan fingerprint density at radius 1 is 1.30 bits per heavy atom. The van der Waals surface area contributed by atoms with Crippen LogP contribution in [0.2, 0.25) is 0 Å². The highest BCUT2D eigenvalue weighted by molar-refractivity contribution is 5.99. The number of anilines is 1. The second-order valence-electron chi connectivity index (χ2n) is 7.34. The fourth-order valence-corrected chi connectivity index (χ4v) is 3.98. The minimum atomic E-state index is -0.346. The molecule has 0 saturated carbocycles. The molecule has 2 aliphatic rings. The van der Waals surface area contributed by atoms with Crippen LogP contribution >= 0.6 is 0 Å². The Morgan fingerprint density at radius 3 is 2.70 bits per heavy atom. The molecule has 1 amide bonds. The number of rotatable bonds is 3. The highest BCUT2D eigenvalue weighted by Gasteiger charge is 2.38. The molecule has 1 fully saturated rings. The molecule has 0 radical (unpaired) electrons. The molecule has 3 heterocycles. The lowest BCUT2D eigenvalue weighted by molar-refractivity contribution is -0.117. The van der Waals surface area contributed by atoms with Crippen LogP contribution < -0.4 is 4.90 Å². The molecule has 2 aromatic rings. The van der Waals surface area contributed by atoms with Crippen LogP contribution in [0.4, 0.5) is 10.2 Å². The van der Waals surface area contributed by atoms with E-state index in [1.165, 1.54) is 12.1 Å². The predicted molar refractivity (Wildman–Crippen MR) is 99.3 cm³/mol. The third-order valence-corrected chi connectivity index (χ3v) is 5.25. The maximum absolute atomic E-state index is 13.5. The molecular weight excluding hydrogens is 347 g/mol. The van der Waals surface area contributed by atoms with Gasteiger partial charge in [-0.2, -0.15) is 0 Å². The molecule has 6 heteroatoms. The van der Waals surface area contributed by atoms with Gasteiger partial charge in [0.25, 0.3) is 0 Å². The summed E-state index contributed by atoms with van der Waals surface area (Å²) in [5.74, 6) is 0.253. The fraction of sp³-hybridized carbons (Fsp3) is 0.381. The molecule has 2 aliphatic heterocycles. The summed E-state index contributed by atoms with van der Waals surface area (Å²) in [5, 5.41) is 0. The highest BCUT2D eigenvalue weighted by atomic mass is 19.1. The predicted octanol–water partition coefficient (Wildman–Crippen LogP) is 3.85. The van der Waals surface area contributed by atoms with Gasteiger partial charge < -0.3 is 4.74 Å². The van der Waals surface area contributed by atoms with Crippen LogP contribution in [0, 0.1) is 5.82 Å². The summed E-state index contributed by atoms with van der Waals surface area (Å²) in [5.41, 5.74) is 3.23. The van der Waals surface area contributed by atoms with Gasteiger partial charge in [-0.05, 0) is 30.0 Å². The first kappa shape index (κ1) is 17.8. The Balaban J connectivity index is 2.04. The van der Waals surface area contributed by atoms with Crippen molar-refractivity contribution in [1.29, 1.82) is 0 Å². The number of hydrogen-bond acceptors (Lipinski definition) is 4. The number of hydrogen-bond donors (Lipinski definition) is 0. The minimum Gasteiger partial charge on any atom is -0.374 e. The number of fused-ring (bicyclic) bond motifs is 3. The van der Waals surface area contributed by atoms with E-state index >= 15 is 0 Å². The molecule has 1 aromatic heterocycles. The van der Waals surface area contributed by atoms with Crippen molar-refractivity contribution in [2.24, 2.45) is 0 Å². The number of carbonyl (C=O) groups excluding carboxylic acids is 2. The van der Waals surface area contributed by atoms with Gasteiger partial charge in [-0.1, -0.05) is 26.0 Å². The number of halogens is 1. The first-order chi connectivity index (χ1) is 13.0. The molecule has 1 saturated heterocycles. The van der Waals surface area contributed by atoms with E-state index in [0.717, 1.165) is 12.7 Å². The Kier molecular flexibility index (Phi) is 4.52. The normalized spacial score (nSPS) is 19.0. The molecule has 27 heavy (non-hydrogen) atoms. The van der Waals surface area contributed by atoms with Crippen LogP contribution in [0.25, 0.3) is 11.1 Å². The van der Waals surface area contributed by atoms with Gasteiger partial charge in [0, 0.05) is 23.1 Å². The van der Waals surface area contributed by atoms with Crippen LogP contribution in [0.15, 0.2) is 24.3 Å². The van der Waals surface area contributed by atoms with E-state index in [2.05, 4.69) is 0 Å². The van der Waals surface area contributed by atoms with Crippen molar-refractivity contribution < 1.29 is 18.7 Å². The van der Waals surface area contributed by atoms with Crippen LogP contribution in [0.3, 0.4) is 0 Å². The zero-order chi connectivity index (χ0) is 19.1. The second-order valence-corrected chi connectivity index (χ2v) is 7.34. The lowest BCUT2D eigenvalue weighted by Gasteiger charge is -2.25. The summed E-state index contributed by atoms with van der Waals surface area (Å²) in [7, 11) is 0. The molecule has 1 aromatic carbocycles. The van der Waals surface area contributed by atoms with Gasteiger partial charge in [0.15, 0.2) is 6.29 Å². The standard InChI is InChI=1S/C21H21FN2O3/c1-12(2)20-16(9-25)19(13-3-5-14(22)6-4-13)17-11-27-10-15-7-8-18(26)24(15)21(17)23-20/h3-6,9,12,15H,7-8,10-11H2,1-2H3/t15-/m1/s1. The van der Waals surface area contributed by atoms with E-state index in [0.29, 0.717) is 46.8 Å². The minimum absolute atomic E-state index is 0.00461. The maximum atomic E-state index is 13.5. The van der Waals surface area contributed by atoms with Crippen molar-refractivity contribution in [2.45, 2.75) is 45.3 Å². The van der Waals surface area contributed by atoms with Crippen molar-refractivity contribution in [3.8, 4) is 11.1 Å². The number of benzene rings is 1. The number of amides is 1. The molecule has 0 spiro atoms. The number of nitrogens with zero attached hydrogens (tertiary/aromatic N) is 2. The van der Waals surface area contributed by atoms with Gasteiger partial charge in [0.1, 0.15) is 11.6 Å². The summed E-state index contributed by atoms with van der Waals surface area (Å²) >= 11 is 0. The maximum Gasteiger partial charge on any atom is 0.228 e. The Bertz CT molecular complexity index is 909. The molecule has 1 atom stereocenters. The lowest BCUT2D eigenvalue weighted by Crippen LogP contribution is -2.36. The molecule has 0 N–H and O–H groups in total. The quantitative estimate of drug-likeness (QED) is 0.772. The zero-order valence-corrected chi connectivity index (χ0v) is 15.4. The summed E-state index contributed by atoms with van der Waals surface area (Å²) in [4.78, 5) is 31.1. The molecule has 4 rings (SSSR count). The van der Waals surface area contributed by atoms with Crippen molar-refractivity contribution in [1.82, 2.24) is 4.98 Å². The van der Waals surface area contributed by atoms with Crippen molar-refractivity contribution in [2.75, 3.05) is 11.5 Å². The van der Waals surface area contributed by atoms with E-state index in [4.69, 9.17) is 9.72 Å². The van der Waals surface area contributed by atoms with Gasteiger partial charge >= 0.3 is 0 Å². The number of ether oxygens (including phenoxy) is 1. The number of pyridine rings is 1. The topological polar surface area (TPSA) is 59.5 Å². The van der Waals surface area contributed by atoms with Gasteiger partial charge in [-0.3, -0.25) is 14.5 Å². The number of aromatic nitrogens is 1. The van der Waals surface area contributed by atoms with Crippen molar-refractivity contribution in [3.63, 3.8) is 0 Å². The van der Waals surface area contributed by atoms with E-state index < -0.39 is 0 Å². The second kappa shape index (κ2) is 6.85. The third kappa shape index (κ3) is 2.94. The van der Waals surface area contributed by atoms with Gasteiger partial charge in [0.2, 0.25) is 5.91 Å². The van der Waals surface area contributed by atoms with Gasteiger partial charge in [0.05, 0.1) is 24.9 Å². The van der Waals surface area contributed by atoms with Crippen molar-refractivity contribution in [3.05, 3.63) is 46.9 Å². The van der Waals surface area contributed by atoms with Crippen LogP contribution in [-0.2, 0) is 16.1 Å². The Morgan fingerprint density at radius 2 is 2.04 bits per heavy atom. The largest absolute Gasteiger partial charge is 0.374 e. The lowest BCUT2D eigenvalue weighted by atomic mass is 9.91. The van der Waals surface area contributed by atoms with E-state index in [9.17, 15) is 14.0 Å². The van der Waals surface area contributed by atoms with E-state index in [-0.39, 0.29) is 30.3 Å². The number of aldehydes is 1.